The molecular weight excluding hydrogens is 211 g/mol. The minimum atomic E-state index is 0.407. The molecule has 0 amide bonds. The first-order chi connectivity index (χ1) is 7.85. The van der Waals surface area contributed by atoms with Crippen molar-refractivity contribution in [2.24, 2.45) is 0 Å². The van der Waals surface area contributed by atoms with E-state index in [-0.39, 0.29) is 0 Å². The minimum Gasteiger partial charge on any atom is -0.107 e. The van der Waals surface area contributed by atoms with Gasteiger partial charge in [0, 0.05) is 0 Å². The van der Waals surface area contributed by atoms with Gasteiger partial charge in [0.2, 0.25) is 0 Å². The average Bonchev–Trinajstić information content (AvgIpc) is 2.31. The summed E-state index contributed by atoms with van der Waals surface area (Å²) in [4.78, 5) is 0. The Morgan fingerprint density at radius 1 is 0.500 bits per heavy atom. The van der Waals surface area contributed by atoms with E-state index in [1.165, 1.54) is 57.8 Å². The van der Waals surface area contributed by atoms with Crippen LogP contribution in [0, 0.1) is 0 Å². The molecule has 0 aliphatic heterocycles. The van der Waals surface area contributed by atoms with E-state index in [2.05, 4.69) is 20.8 Å². The fraction of sp³-hybridized carbons (Fsp3) is 1.00. The van der Waals surface area contributed by atoms with Gasteiger partial charge >= 0.3 is 0 Å². The monoisotopic (exact) mass is 244 g/mol. The van der Waals surface area contributed by atoms with Gasteiger partial charge in [-0.25, -0.2) is 0 Å². The van der Waals surface area contributed by atoms with Crippen molar-refractivity contribution in [3.8, 4) is 0 Å². The highest BCUT2D eigenvalue weighted by Gasteiger charge is 2.06. The van der Waals surface area contributed by atoms with E-state index in [0.717, 1.165) is 0 Å². The number of hydrogen-bond acceptors (Lipinski definition) is 0. The Bertz CT molecular complexity index is 115. The van der Waals surface area contributed by atoms with Crippen LogP contribution >= 0.6 is 7.92 Å². The van der Waals surface area contributed by atoms with Crippen LogP contribution in [-0.4, -0.2) is 18.5 Å². The fourth-order valence-electron chi connectivity index (χ4n) is 2.04. The minimum absolute atomic E-state index is 0.407. The van der Waals surface area contributed by atoms with E-state index in [1.54, 1.807) is 18.5 Å². The number of unbranched alkanes of at least 4 members (excludes halogenated alkanes) is 6. The summed E-state index contributed by atoms with van der Waals surface area (Å²) in [5, 5.41) is 0. The van der Waals surface area contributed by atoms with Gasteiger partial charge in [-0.15, -0.1) is 7.92 Å². The maximum atomic E-state index is 2.33. The highest BCUT2D eigenvalue weighted by molar-refractivity contribution is 7.57. The predicted octanol–water partition coefficient (Wildman–Crippen LogP) is 6.04. The van der Waals surface area contributed by atoms with Crippen LogP contribution in [0.25, 0.3) is 0 Å². The molecule has 16 heavy (non-hydrogen) atoms. The summed E-state index contributed by atoms with van der Waals surface area (Å²) in [7, 11) is 0.407. The SMILES string of the molecule is CCCCCCCP(CCCC)CCCC. The molecule has 0 saturated carbocycles. The van der Waals surface area contributed by atoms with Crippen LogP contribution in [-0.2, 0) is 0 Å². The highest BCUT2D eigenvalue weighted by atomic mass is 31.1. The van der Waals surface area contributed by atoms with Crippen molar-refractivity contribution in [1.29, 1.82) is 0 Å². The first-order valence-corrected chi connectivity index (χ1v) is 9.47. The Labute approximate surface area is 105 Å². The van der Waals surface area contributed by atoms with Crippen LogP contribution in [0.3, 0.4) is 0 Å². The molecule has 0 N–H and O–H groups in total. The van der Waals surface area contributed by atoms with Crippen molar-refractivity contribution in [3.63, 3.8) is 0 Å². The summed E-state index contributed by atoms with van der Waals surface area (Å²) in [5.74, 6) is 0. The largest absolute Gasteiger partial charge is 0.107 e. The van der Waals surface area contributed by atoms with Gasteiger partial charge in [0.25, 0.3) is 0 Å². The van der Waals surface area contributed by atoms with Crippen LogP contribution in [0.4, 0.5) is 0 Å². The molecule has 0 aromatic rings. The molecule has 0 unspecified atom stereocenters. The molecule has 0 aromatic carbocycles. The maximum absolute atomic E-state index is 2.33. The first kappa shape index (κ1) is 16.4. The van der Waals surface area contributed by atoms with Crippen molar-refractivity contribution in [2.45, 2.75) is 78.6 Å². The van der Waals surface area contributed by atoms with Crippen LogP contribution < -0.4 is 0 Å². The quantitative estimate of drug-likeness (QED) is 0.290. The Morgan fingerprint density at radius 3 is 1.44 bits per heavy atom. The second-order valence-electron chi connectivity index (χ2n) is 4.96. The number of hydrogen-bond donors (Lipinski definition) is 0. The topological polar surface area (TPSA) is 0 Å². The van der Waals surface area contributed by atoms with E-state index >= 15 is 0 Å². The van der Waals surface area contributed by atoms with Crippen molar-refractivity contribution in [3.05, 3.63) is 0 Å². The molecule has 98 valence electrons. The molecule has 0 radical (unpaired) electrons. The van der Waals surface area contributed by atoms with Gasteiger partial charge in [0.05, 0.1) is 0 Å². The smallest absolute Gasteiger partial charge is 0.0326 e. The zero-order chi connectivity index (χ0) is 12.1. The Balaban J connectivity index is 3.48. The summed E-state index contributed by atoms with van der Waals surface area (Å²) < 4.78 is 0. The molecule has 0 spiro atoms. The zero-order valence-corrected chi connectivity index (χ0v) is 12.8. The van der Waals surface area contributed by atoms with E-state index in [1.807, 2.05) is 0 Å². The molecule has 0 saturated heterocycles. The van der Waals surface area contributed by atoms with Gasteiger partial charge in [-0.05, 0) is 37.7 Å². The summed E-state index contributed by atoms with van der Waals surface area (Å²) in [6.07, 6.45) is 17.7. The number of rotatable bonds is 12. The lowest BCUT2D eigenvalue weighted by molar-refractivity contribution is 0.657. The summed E-state index contributed by atoms with van der Waals surface area (Å²) in [6, 6.07) is 0. The highest BCUT2D eigenvalue weighted by Crippen LogP contribution is 2.38. The van der Waals surface area contributed by atoms with Crippen LogP contribution in [0.1, 0.15) is 78.6 Å². The normalized spacial score (nSPS) is 11.2. The van der Waals surface area contributed by atoms with Gasteiger partial charge in [-0.1, -0.05) is 59.3 Å². The van der Waals surface area contributed by atoms with Gasteiger partial charge in [0.1, 0.15) is 0 Å². The third-order valence-electron chi connectivity index (χ3n) is 3.23. The third-order valence-corrected chi connectivity index (χ3v) is 6.08. The molecule has 0 heterocycles. The molecule has 0 aliphatic rings. The molecule has 0 fully saturated rings. The van der Waals surface area contributed by atoms with Crippen molar-refractivity contribution in [2.75, 3.05) is 18.5 Å². The van der Waals surface area contributed by atoms with Crippen LogP contribution in [0.2, 0.25) is 0 Å². The lowest BCUT2D eigenvalue weighted by Gasteiger charge is -2.17. The van der Waals surface area contributed by atoms with E-state index < -0.39 is 0 Å². The molecule has 1 heteroatoms. The van der Waals surface area contributed by atoms with E-state index in [4.69, 9.17) is 0 Å². The summed E-state index contributed by atoms with van der Waals surface area (Å²) in [5.41, 5.74) is 0. The molecule has 0 nitrogen and oxygen atoms in total. The molecular formula is C15H33P. The van der Waals surface area contributed by atoms with Gasteiger partial charge in [-0.2, -0.15) is 0 Å². The Kier molecular flexibility index (Phi) is 13.9. The molecule has 0 aromatic heterocycles. The van der Waals surface area contributed by atoms with Crippen molar-refractivity contribution >= 4 is 7.92 Å². The van der Waals surface area contributed by atoms with Gasteiger partial charge in [-0.3, -0.25) is 0 Å². The summed E-state index contributed by atoms with van der Waals surface area (Å²) >= 11 is 0. The van der Waals surface area contributed by atoms with Gasteiger partial charge < -0.3 is 0 Å². The summed E-state index contributed by atoms with van der Waals surface area (Å²) in [6.45, 7) is 6.96. The zero-order valence-electron chi connectivity index (χ0n) is 11.9. The van der Waals surface area contributed by atoms with Crippen LogP contribution in [0.15, 0.2) is 0 Å². The second kappa shape index (κ2) is 13.5. The molecule has 0 bridgehead atoms. The third kappa shape index (κ3) is 10.9. The van der Waals surface area contributed by atoms with Gasteiger partial charge in [0.15, 0.2) is 0 Å². The van der Waals surface area contributed by atoms with Crippen molar-refractivity contribution < 1.29 is 0 Å². The Morgan fingerprint density at radius 2 is 0.938 bits per heavy atom. The maximum Gasteiger partial charge on any atom is -0.0326 e. The molecule has 0 aliphatic carbocycles. The predicted molar refractivity (Wildman–Crippen MR) is 80.1 cm³/mol. The van der Waals surface area contributed by atoms with Crippen molar-refractivity contribution in [1.82, 2.24) is 0 Å². The standard InChI is InChI=1S/C15H33P/c1-4-7-10-11-12-15-16(13-8-5-2)14-9-6-3/h4-15H2,1-3H3. The average molecular weight is 244 g/mol. The Hall–Kier alpha value is 0.430. The molecule has 0 atom stereocenters. The molecule has 0 rings (SSSR count). The first-order valence-electron chi connectivity index (χ1n) is 7.57. The second-order valence-corrected chi connectivity index (χ2v) is 7.65. The lowest BCUT2D eigenvalue weighted by atomic mass is 10.2. The van der Waals surface area contributed by atoms with Crippen LogP contribution in [0.5, 0.6) is 0 Å². The van der Waals surface area contributed by atoms with E-state index in [9.17, 15) is 0 Å². The fourth-order valence-corrected chi connectivity index (χ4v) is 4.91. The van der Waals surface area contributed by atoms with E-state index in [0.29, 0.717) is 7.92 Å². The lowest BCUT2D eigenvalue weighted by Crippen LogP contribution is -1.96.